The zero-order valence-corrected chi connectivity index (χ0v) is 17.8. The number of amides is 1. The highest BCUT2D eigenvalue weighted by molar-refractivity contribution is 7.88. The molecule has 3 rings (SSSR count). The van der Waals surface area contributed by atoms with Crippen molar-refractivity contribution in [3.05, 3.63) is 35.6 Å². The molecule has 6 nitrogen and oxygen atoms in total. The molecule has 1 aromatic carbocycles. The fourth-order valence-electron chi connectivity index (χ4n) is 3.92. The van der Waals surface area contributed by atoms with E-state index in [4.69, 9.17) is 4.42 Å². The number of aryl methyl sites for hydroxylation is 1. The van der Waals surface area contributed by atoms with Gasteiger partial charge in [0.1, 0.15) is 11.3 Å². The van der Waals surface area contributed by atoms with Crippen LogP contribution in [0.2, 0.25) is 0 Å². The Labute approximate surface area is 167 Å². The Morgan fingerprint density at radius 1 is 1.25 bits per heavy atom. The minimum atomic E-state index is -3.18. The van der Waals surface area contributed by atoms with E-state index in [0.29, 0.717) is 32.5 Å². The van der Waals surface area contributed by atoms with Gasteiger partial charge in [-0.25, -0.2) is 12.7 Å². The van der Waals surface area contributed by atoms with Crippen LogP contribution >= 0.6 is 0 Å². The zero-order chi connectivity index (χ0) is 20.3. The molecular formula is C21H30N2O4S. The maximum atomic E-state index is 13.0. The van der Waals surface area contributed by atoms with Gasteiger partial charge < -0.3 is 9.32 Å². The molecule has 0 bridgehead atoms. The molecule has 1 saturated heterocycles. The monoisotopic (exact) mass is 406 g/mol. The van der Waals surface area contributed by atoms with Gasteiger partial charge in [-0.05, 0) is 25.3 Å². The molecule has 1 aliphatic rings. The van der Waals surface area contributed by atoms with Gasteiger partial charge in [0, 0.05) is 50.0 Å². The maximum absolute atomic E-state index is 13.0. The molecule has 28 heavy (non-hydrogen) atoms. The number of piperidine rings is 1. The average Bonchev–Trinajstić information content (AvgIpc) is 3.02. The van der Waals surface area contributed by atoms with E-state index in [0.717, 1.165) is 41.6 Å². The summed E-state index contributed by atoms with van der Waals surface area (Å²) in [5.74, 6) is 0.926. The maximum Gasteiger partial charge on any atom is 0.225 e. The van der Waals surface area contributed by atoms with Crippen LogP contribution in [0.15, 0.2) is 28.7 Å². The third-order valence-corrected chi connectivity index (χ3v) is 6.89. The van der Waals surface area contributed by atoms with Crippen LogP contribution in [-0.4, -0.2) is 49.9 Å². The molecule has 154 valence electrons. The van der Waals surface area contributed by atoms with Crippen LogP contribution in [0.5, 0.6) is 0 Å². The summed E-state index contributed by atoms with van der Waals surface area (Å²) in [5, 5.41) is 1.07. The van der Waals surface area contributed by atoms with E-state index in [1.165, 1.54) is 10.6 Å². The van der Waals surface area contributed by atoms with Crippen LogP contribution < -0.4 is 0 Å². The van der Waals surface area contributed by atoms with Crippen LogP contribution in [0, 0.1) is 5.92 Å². The topological polar surface area (TPSA) is 70.8 Å². The van der Waals surface area contributed by atoms with E-state index in [1.807, 2.05) is 31.3 Å². The summed E-state index contributed by atoms with van der Waals surface area (Å²) in [6, 6.07) is 7.97. The third kappa shape index (κ3) is 4.58. The van der Waals surface area contributed by atoms with E-state index < -0.39 is 10.0 Å². The van der Waals surface area contributed by atoms with Crippen LogP contribution in [0.1, 0.15) is 43.9 Å². The van der Waals surface area contributed by atoms with E-state index >= 15 is 0 Å². The Morgan fingerprint density at radius 3 is 2.57 bits per heavy atom. The minimum Gasteiger partial charge on any atom is -0.461 e. The zero-order valence-electron chi connectivity index (χ0n) is 17.0. The highest BCUT2D eigenvalue weighted by Gasteiger charge is 2.31. The highest BCUT2D eigenvalue weighted by Crippen LogP contribution is 2.29. The second-order valence-corrected chi connectivity index (χ2v) is 9.72. The molecule has 1 aromatic heterocycles. The number of carbonyl (C=O) groups excluding carboxylic acids is 1. The lowest BCUT2D eigenvalue weighted by atomic mass is 9.96. The van der Waals surface area contributed by atoms with Crippen molar-refractivity contribution in [2.24, 2.45) is 5.92 Å². The van der Waals surface area contributed by atoms with E-state index in [1.54, 1.807) is 4.90 Å². The molecule has 0 N–H and O–H groups in total. The Hall–Kier alpha value is -1.86. The number of rotatable bonds is 7. The summed E-state index contributed by atoms with van der Waals surface area (Å²) >= 11 is 0. The largest absolute Gasteiger partial charge is 0.461 e. The smallest absolute Gasteiger partial charge is 0.225 e. The van der Waals surface area contributed by atoms with Crippen molar-refractivity contribution in [3.8, 4) is 0 Å². The first-order chi connectivity index (χ1) is 13.3. The summed E-state index contributed by atoms with van der Waals surface area (Å²) in [5.41, 5.74) is 1.96. The number of hydrogen-bond acceptors (Lipinski definition) is 4. The second-order valence-electron chi connectivity index (χ2n) is 7.73. The summed E-state index contributed by atoms with van der Waals surface area (Å²) in [4.78, 5) is 14.7. The predicted molar refractivity (Wildman–Crippen MR) is 110 cm³/mol. The SMILES string of the molecule is CCCCc1oc2ccccc2c1CN(C)C(=O)C1CCN(S(C)(=O)=O)CC1. The van der Waals surface area contributed by atoms with Crippen molar-refractivity contribution in [1.82, 2.24) is 9.21 Å². The van der Waals surface area contributed by atoms with Gasteiger partial charge in [-0.3, -0.25) is 4.79 Å². The second kappa shape index (κ2) is 8.66. The molecule has 1 aliphatic heterocycles. The minimum absolute atomic E-state index is 0.0832. The van der Waals surface area contributed by atoms with Gasteiger partial charge in [0.15, 0.2) is 0 Å². The molecule has 7 heteroatoms. The Bertz CT molecular complexity index is 927. The number of carbonyl (C=O) groups is 1. The van der Waals surface area contributed by atoms with Crippen molar-refractivity contribution in [1.29, 1.82) is 0 Å². The van der Waals surface area contributed by atoms with Gasteiger partial charge in [-0.1, -0.05) is 31.5 Å². The van der Waals surface area contributed by atoms with Gasteiger partial charge in [-0.15, -0.1) is 0 Å². The van der Waals surface area contributed by atoms with Crippen molar-refractivity contribution >= 4 is 26.9 Å². The molecule has 1 amide bonds. The van der Waals surface area contributed by atoms with E-state index in [9.17, 15) is 13.2 Å². The predicted octanol–water partition coefficient (Wildman–Crippen LogP) is 3.41. The first kappa shape index (κ1) is 20.9. The van der Waals surface area contributed by atoms with Crippen LogP contribution in [0.4, 0.5) is 0 Å². The molecule has 2 heterocycles. The van der Waals surface area contributed by atoms with Crippen molar-refractivity contribution in [2.75, 3.05) is 26.4 Å². The molecular weight excluding hydrogens is 376 g/mol. The lowest BCUT2D eigenvalue weighted by Gasteiger charge is -2.31. The molecule has 0 radical (unpaired) electrons. The number of sulfonamides is 1. The summed E-state index contributed by atoms with van der Waals surface area (Å²) in [7, 11) is -1.35. The number of benzene rings is 1. The number of nitrogens with zero attached hydrogens (tertiary/aromatic N) is 2. The number of unbranched alkanes of at least 4 members (excludes halogenated alkanes) is 1. The van der Waals surface area contributed by atoms with Gasteiger partial charge in [0.05, 0.1) is 6.26 Å². The molecule has 2 aromatic rings. The quantitative estimate of drug-likeness (QED) is 0.706. The first-order valence-corrected chi connectivity index (χ1v) is 11.9. The highest BCUT2D eigenvalue weighted by atomic mass is 32.2. The Morgan fingerprint density at radius 2 is 1.93 bits per heavy atom. The molecule has 1 fully saturated rings. The van der Waals surface area contributed by atoms with E-state index in [-0.39, 0.29) is 11.8 Å². The molecule has 0 aliphatic carbocycles. The number of para-hydroxylation sites is 1. The number of hydrogen-bond donors (Lipinski definition) is 0. The van der Waals surface area contributed by atoms with Gasteiger partial charge in [0.25, 0.3) is 0 Å². The van der Waals surface area contributed by atoms with Crippen molar-refractivity contribution in [2.45, 2.75) is 45.6 Å². The van der Waals surface area contributed by atoms with Crippen LogP contribution in [-0.2, 0) is 27.8 Å². The summed E-state index contributed by atoms with van der Waals surface area (Å²) < 4.78 is 30.9. The normalized spacial score (nSPS) is 16.5. The lowest BCUT2D eigenvalue weighted by molar-refractivity contribution is -0.135. The Kier molecular flexibility index (Phi) is 6.45. The fraction of sp³-hybridized carbons (Fsp3) is 0.571. The number of fused-ring (bicyclic) bond motifs is 1. The van der Waals surface area contributed by atoms with E-state index in [2.05, 4.69) is 6.92 Å². The van der Waals surface area contributed by atoms with Crippen molar-refractivity contribution < 1.29 is 17.6 Å². The van der Waals surface area contributed by atoms with Crippen LogP contribution in [0.25, 0.3) is 11.0 Å². The number of furan rings is 1. The van der Waals surface area contributed by atoms with Crippen LogP contribution in [0.3, 0.4) is 0 Å². The van der Waals surface area contributed by atoms with Gasteiger partial charge in [-0.2, -0.15) is 0 Å². The van der Waals surface area contributed by atoms with Crippen molar-refractivity contribution in [3.63, 3.8) is 0 Å². The third-order valence-electron chi connectivity index (χ3n) is 5.58. The first-order valence-electron chi connectivity index (χ1n) is 10.0. The lowest BCUT2D eigenvalue weighted by Crippen LogP contribution is -2.43. The summed E-state index contributed by atoms with van der Waals surface area (Å²) in [6.45, 7) is 3.50. The Balaban J connectivity index is 1.72. The van der Waals surface area contributed by atoms with Gasteiger partial charge in [0.2, 0.25) is 15.9 Å². The molecule has 0 saturated carbocycles. The molecule has 0 unspecified atom stereocenters. The molecule has 0 spiro atoms. The van der Waals surface area contributed by atoms with Gasteiger partial charge >= 0.3 is 0 Å². The summed E-state index contributed by atoms with van der Waals surface area (Å²) in [6.07, 6.45) is 5.38. The molecule has 0 atom stereocenters. The fourth-order valence-corrected chi connectivity index (χ4v) is 4.80. The standard InChI is InChI=1S/C21H30N2O4S/c1-4-5-9-20-18(17-8-6-7-10-19(17)27-20)15-22(2)21(24)16-11-13-23(14-12-16)28(3,25)26/h6-8,10,16H,4-5,9,11-15H2,1-3H3. The average molecular weight is 407 g/mol.